The van der Waals surface area contributed by atoms with Gasteiger partial charge in [0.25, 0.3) is 0 Å². The molecule has 0 radical (unpaired) electrons. The van der Waals surface area contributed by atoms with Crippen LogP contribution in [-0.4, -0.2) is 6.61 Å². The van der Waals surface area contributed by atoms with Crippen molar-refractivity contribution < 1.29 is 17.9 Å². The third kappa shape index (κ3) is 2.64. The third-order valence-electron chi connectivity index (χ3n) is 1.71. The van der Waals surface area contributed by atoms with E-state index in [0.717, 1.165) is 6.07 Å². The van der Waals surface area contributed by atoms with Gasteiger partial charge < -0.3 is 4.74 Å². The van der Waals surface area contributed by atoms with Crippen LogP contribution in [0.3, 0.4) is 0 Å². The standard InChI is InChI=1S/C10H5F3N2O/c11-10(12,13)8-5-7(6-15)1-2-9(8)16-4-3-14/h1-2,5H,4H2. The first kappa shape index (κ1) is 11.9. The molecule has 16 heavy (non-hydrogen) atoms. The number of nitrogens with zero attached hydrogens (tertiary/aromatic N) is 2. The SMILES string of the molecule is N#CCOc1ccc(C#N)cc1C(F)(F)F. The Morgan fingerprint density at radius 2 is 1.94 bits per heavy atom. The lowest BCUT2D eigenvalue weighted by Crippen LogP contribution is -2.09. The van der Waals surface area contributed by atoms with Crippen LogP contribution >= 0.6 is 0 Å². The van der Waals surface area contributed by atoms with E-state index in [2.05, 4.69) is 4.74 Å². The first-order chi connectivity index (χ1) is 7.49. The first-order valence-electron chi connectivity index (χ1n) is 4.10. The lowest BCUT2D eigenvalue weighted by atomic mass is 10.1. The van der Waals surface area contributed by atoms with Crippen LogP contribution in [0, 0.1) is 22.7 Å². The van der Waals surface area contributed by atoms with E-state index in [9.17, 15) is 13.2 Å². The molecule has 3 nitrogen and oxygen atoms in total. The Morgan fingerprint density at radius 1 is 1.25 bits per heavy atom. The molecule has 0 atom stereocenters. The van der Waals surface area contributed by atoms with E-state index in [4.69, 9.17) is 10.5 Å². The van der Waals surface area contributed by atoms with Gasteiger partial charge >= 0.3 is 6.18 Å². The van der Waals surface area contributed by atoms with Crippen molar-refractivity contribution in [2.24, 2.45) is 0 Å². The topological polar surface area (TPSA) is 56.8 Å². The minimum atomic E-state index is -4.61. The zero-order valence-corrected chi connectivity index (χ0v) is 7.88. The van der Waals surface area contributed by atoms with Crippen molar-refractivity contribution in [2.75, 3.05) is 6.61 Å². The summed E-state index contributed by atoms with van der Waals surface area (Å²) in [4.78, 5) is 0. The molecule has 82 valence electrons. The highest BCUT2D eigenvalue weighted by molar-refractivity contribution is 5.43. The first-order valence-corrected chi connectivity index (χ1v) is 4.10. The number of benzene rings is 1. The molecule has 0 saturated carbocycles. The number of halogens is 3. The zero-order valence-electron chi connectivity index (χ0n) is 7.88. The predicted octanol–water partition coefficient (Wildman–Crippen LogP) is 2.48. The van der Waals surface area contributed by atoms with E-state index in [1.165, 1.54) is 6.07 Å². The molecule has 0 aromatic heterocycles. The van der Waals surface area contributed by atoms with Crippen LogP contribution in [-0.2, 0) is 6.18 Å². The Kier molecular flexibility index (Phi) is 3.37. The highest BCUT2D eigenvalue weighted by Gasteiger charge is 2.34. The maximum Gasteiger partial charge on any atom is 0.420 e. The van der Waals surface area contributed by atoms with E-state index in [1.54, 1.807) is 12.1 Å². The van der Waals surface area contributed by atoms with Crippen molar-refractivity contribution in [3.8, 4) is 17.9 Å². The van der Waals surface area contributed by atoms with Crippen LogP contribution < -0.4 is 4.74 Å². The van der Waals surface area contributed by atoms with E-state index < -0.39 is 24.1 Å². The molecule has 6 heteroatoms. The molecular weight excluding hydrogens is 221 g/mol. The number of alkyl halides is 3. The van der Waals surface area contributed by atoms with Gasteiger partial charge in [0, 0.05) is 0 Å². The van der Waals surface area contributed by atoms with Gasteiger partial charge in [-0.25, -0.2) is 0 Å². The van der Waals surface area contributed by atoms with Crippen molar-refractivity contribution in [1.29, 1.82) is 10.5 Å². The Morgan fingerprint density at radius 3 is 2.44 bits per heavy atom. The Labute approximate surface area is 89.3 Å². The van der Waals surface area contributed by atoms with E-state index in [1.807, 2.05) is 0 Å². The largest absolute Gasteiger partial charge is 0.478 e. The van der Waals surface area contributed by atoms with Crippen LogP contribution in [0.25, 0.3) is 0 Å². The number of ether oxygens (including phenoxy) is 1. The predicted molar refractivity (Wildman–Crippen MR) is 47.3 cm³/mol. The number of hydrogen-bond acceptors (Lipinski definition) is 3. The summed E-state index contributed by atoms with van der Waals surface area (Å²) < 4.78 is 42.2. The lowest BCUT2D eigenvalue weighted by Gasteiger charge is -2.12. The van der Waals surface area contributed by atoms with Crippen LogP contribution in [0.5, 0.6) is 5.75 Å². The van der Waals surface area contributed by atoms with Crippen molar-refractivity contribution in [3.63, 3.8) is 0 Å². The summed E-state index contributed by atoms with van der Waals surface area (Å²) in [5.41, 5.74) is -1.17. The molecule has 1 rings (SSSR count). The van der Waals surface area contributed by atoms with Gasteiger partial charge in [-0.05, 0) is 18.2 Å². The molecule has 0 spiro atoms. The second-order valence-corrected chi connectivity index (χ2v) is 2.77. The van der Waals surface area contributed by atoms with Crippen molar-refractivity contribution >= 4 is 0 Å². The van der Waals surface area contributed by atoms with Gasteiger partial charge in [0.15, 0.2) is 6.61 Å². The summed E-state index contributed by atoms with van der Waals surface area (Å²) in [6, 6.07) is 6.08. The maximum absolute atomic E-state index is 12.5. The molecular formula is C10H5F3N2O. The second-order valence-electron chi connectivity index (χ2n) is 2.77. The molecule has 0 saturated heterocycles. The molecule has 0 heterocycles. The minimum absolute atomic E-state index is 0.114. The Hall–Kier alpha value is -2.21. The summed E-state index contributed by atoms with van der Waals surface area (Å²) in [6.07, 6.45) is -4.61. The molecule has 0 aliphatic heterocycles. The molecule has 0 amide bonds. The van der Waals surface area contributed by atoms with Crippen molar-refractivity contribution in [3.05, 3.63) is 29.3 Å². The number of nitriles is 2. The molecule has 0 fully saturated rings. The molecule has 0 unspecified atom stereocenters. The van der Waals surface area contributed by atoms with Crippen LogP contribution in [0.4, 0.5) is 13.2 Å². The molecule has 0 bridgehead atoms. The third-order valence-corrected chi connectivity index (χ3v) is 1.71. The van der Waals surface area contributed by atoms with E-state index in [-0.39, 0.29) is 5.56 Å². The van der Waals surface area contributed by atoms with Gasteiger partial charge in [-0.1, -0.05) is 0 Å². The normalized spacial score (nSPS) is 10.3. The fourth-order valence-electron chi connectivity index (χ4n) is 1.06. The number of hydrogen-bond donors (Lipinski definition) is 0. The molecule has 0 aliphatic carbocycles. The Bertz CT molecular complexity index is 468. The van der Waals surface area contributed by atoms with Gasteiger partial charge in [-0.15, -0.1) is 0 Å². The highest BCUT2D eigenvalue weighted by atomic mass is 19.4. The summed E-state index contributed by atoms with van der Waals surface area (Å²) in [5.74, 6) is -0.451. The average molecular weight is 226 g/mol. The lowest BCUT2D eigenvalue weighted by molar-refractivity contribution is -0.138. The fraction of sp³-hybridized carbons (Fsp3) is 0.200. The van der Waals surface area contributed by atoms with Gasteiger partial charge in [0.1, 0.15) is 11.8 Å². The van der Waals surface area contributed by atoms with Crippen molar-refractivity contribution in [2.45, 2.75) is 6.18 Å². The van der Waals surface area contributed by atoms with Crippen LogP contribution in [0.15, 0.2) is 18.2 Å². The zero-order chi connectivity index (χ0) is 12.2. The van der Waals surface area contributed by atoms with Gasteiger partial charge in [0.2, 0.25) is 0 Å². The van der Waals surface area contributed by atoms with Gasteiger partial charge in [0.05, 0.1) is 17.2 Å². The van der Waals surface area contributed by atoms with Crippen LogP contribution in [0.1, 0.15) is 11.1 Å². The molecule has 0 aliphatic rings. The highest BCUT2D eigenvalue weighted by Crippen LogP contribution is 2.36. The summed E-state index contributed by atoms with van der Waals surface area (Å²) >= 11 is 0. The smallest absolute Gasteiger partial charge is 0.420 e. The van der Waals surface area contributed by atoms with E-state index in [0.29, 0.717) is 6.07 Å². The molecule has 0 N–H and O–H groups in total. The van der Waals surface area contributed by atoms with Crippen molar-refractivity contribution in [1.82, 2.24) is 0 Å². The maximum atomic E-state index is 12.5. The van der Waals surface area contributed by atoms with E-state index >= 15 is 0 Å². The second kappa shape index (κ2) is 4.54. The Balaban J connectivity index is 3.19. The molecule has 1 aromatic rings. The summed E-state index contributed by atoms with van der Waals surface area (Å²) in [7, 11) is 0. The average Bonchev–Trinajstić information content (AvgIpc) is 2.25. The van der Waals surface area contributed by atoms with Gasteiger partial charge in [-0.3, -0.25) is 0 Å². The fourth-order valence-corrected chi connectivity index (χ4v) is 1.06. The monoisotopic (exact) mass is 226 g/mol. The number of rotatable bonds is 2. The summed E-state index contributed by atoms with van der Waals surface area (Å²) in [5, 5.41) is 16.7. The van der Waals surface area contributed by atoms with Crippen LogP contribution in [0.2, 0.25) is 0 Å². The van der Waals surface area contributed by atoms with Gasteiger partial charge in [-0.2, -0.15) is 23.7 Å². The molecule has 1 aromatic carbocycles. The minimum Gasteiger partial charge on any atom is -0.478 e. The summed E-state index contributed by atoms with van der Waals surface area (Å²) in [6.45, 7) is -0.477. The quantitative estimate of drug-likeness (QED) is 0.778.